The van der Waals surface area contributed by atoms with E-state index >= 15 is 0 Å². The lowest BCUT2D eigenvalue weighted by Gasteiger charge is -2.24. The smallest absolute Gasteiger partial charge is 0.244 e. The number of benzene rings is 1. The van der Waals surface area contributed by atoms with Gasteiger partial charge in [-0.15, -0.1) is 21.5 Å². The molecule has 1 aromatic carbocycles. The van der Waals surface area contributed by atoms with Crippen molar-refractivity contribution in [2.24, 2.45) is 0 Å². The number of thiazole rings is 1. The van der Waals surface area contributed by atoms with Crippen molar-refractivity contribution in [3.05, 3.63) is 58.3 Å². The maximum atomic E-state index is 13.7. The highest BCUT2D eigenvalue weighted by atomic mass is 32.2. The summed E-state index contributed by atoms with van der Waals surface area (Å²) in [6, 6.07) is 7.15. The van der Waals surface area contributed by atoms with E-state index in [4.69, 9.17) is 14.2 Å². The molecule has 0 radical (unpaired) electrons. The molecular formula is C23H24N6O5S2. The van der Waals surface area contributed by atoms with E-state index in [0.29, 0.717) is 33.6 Å². The minimum absolute atomic E-state index is 0.0158. The van der Waals surface area contributed by atoms with E-state index in [1.165, 1.54) is 25.6 Å². The molecule has 1 aliphatic heterocycles. The molecule has 2 atom stereocenters. The lowest BCUT2D eigenvalue weighted by atomic mass is 10.2. The lowest BCUT2D eigenvalue weighted by Crippen LogP contribution is -2.39. The number of anilines is 1. The minimum Gasteiger partial charge on any atom is -0.494 e. The predicted molar refractivity (Wildman–Crippen MR) is 134 cm³/mol. The number of pyridine rings is 1. The highest BCUT2D eigenvalue weighted by Gasteiger charge is 2.40. The van der Waals surface area contributed by atoms with Gasteiger partial charge >= 0.3 is 0 Å². The zero-order valence-corrected chi connectivity index (χ0v) is 21.6. The first-order chi connectivity index (χ1) is 17.3. The Morgan fingerprint density at radius 2 is 2.06 bits per heavy atom. The average Bonchev–Trinajstić information content (AvgIpc) is 3.47. The number of ether oxygens (including phenoxy) is 3. The molecule has 3 aromatic heterocycles. The number of nitrogens with one attached hydrogen (secondary N) is 1. The van der Waals surface area contributed by atoms with Crippen LogP contribution in [0, 0.1) is 13.8 Å². The molecule has 4 aromatic rings. The molecule has 188 valence electrons. The highest BCUT2D eigenvalue weighted by molar-refractivity contribution is 7.93. The van der Waals surface area contributed by atoms with Crippen LogP contribution in [-0.4, -0.2) is 59.2 Å². The largest absolute Gasteiger partial charge is 0.494 e. The topological polar surface area (TPSA) is 130 Å². The molecular weight excluding hydrogens is 504 g/mol. The van der Waals surface area contributed by atoms with Crippen LogP contribution in [0.3, 0.4) is 0 Å². The van der Waals surface area contributed by atoms with E-state index in [1.807, 2.05) is 25.3 Å². The van der Waals surface area contributed by atoms with Crippen molar-refractivity contribution in [1.82, 2.24) is 24.7 Å². The summed E-state index contributed by atoms with van der Waals surface area (Å²) in [6.45, 7) is 3.54. The number of sulfonamides is 1. The van der Waals surface area contributed by atoms with Crippen LogP contribution in [-0.2, 0) is 14.8 Å². The monoisotopic (exact) mass is 528 g/mol. The fourth-order valence-corrected chi connectivity index (χ4v) is 6.43. The van der Waals surface area contributed by atoms with Crippen molar-refractivity contribution in [3.63, 3.8) is 0 Å². The molecule has 0 spiro atoms. The Morgan fingerprint density at radius 1 is 1.22 bits per heavy atom. The summed E-state index contributed by atoms with van der Waals surface area (Å²) in [5.41, 5.74) is 2.79. The van der Waals surface area contributed by atoms with Gasteiger partial charge in [0.25, 0.3) is 0 Å². The molecule has 0 saturated heterocycles. The zero-order valence-electron chi connectivity index (χ0n) is 20.0. The van der Waals surface area contributed by atoms with Gasteiger partial charge in [0.1, 0.15) is 40.2 Å². The predicted octanol–water partition coefficient (Wildman–Crippen LogP) is 3.30. The standard InChI is InChI=1S/C23H24N6O5S2/c1-13-8-15(10-24-9-13)21-26-27-23-28-36(30,31)18(20(33-4)22-25-14(2)12-35-22)11-34-17-7-5-6-16(32-3)19(17)29(21)23/h5-10,12,18,20H,11H2,1-4H3,(H,27,28)/t18-,20-/m1/s1. The van der Waals surface area contributed by atoms with Crippen molar-refractivity contribution in [1.29, 1.82) is 0 Å². The van der Waals surface area contributed by atoms with Crippen LogP contribution in [0.25, 0.3) is 17.1 Å². The van der Waals surface area contributed by atoms with Gasteiger partial charge in [-0.3, -0.25) is 14.3 Å². The van der Waals surface area contributed by atoms with Crippen LogP contribution in [0.1, 0.15) is 22.4 Å². The highest BCUT2D eigenvalue weighted by Crippen LogP contribution is 2.40. The van der Waals surface area contributed by atoms with Gasteiger partial charge in [0, 0.05) is 36.1 Å². The van der Waals surface area contributed by atoms with Crippen LogP contribution in [0.15, 0.2) is 42.0 Å². The summed E-state index contributed by atoms with van der Waals surface area (Å²) in [7, 11) is -1.12. The number of para-hydroxylation sites is 1. The summed E-state index contributed by atoms with van der Waals surface area (Å²) in [6.07, 6.45) is 2.48. The fourth-order valence-electron chi connectivity index (χ4n) is 4.06. The molecule has 36 heavy (non-hydrogen) atoms. The Kier molecular flexibility index (Phi) is 6.36. The van der Waals surface area contributed by atoms with Gasteiger partial charge in [-0.2, -0.15) is 0 Å². The molecule has 11 nitrogen and oxygen atoms in total. The molecule has 0 aliphatic carbocycles. The van der Waals surface area contributed by atoms with E-state index in [9.17, 15) is 8.42 Å². The van der Waals surface area contributed by atoms with Gasteiger partial charge in [0.15, 0.2) is 5.82 Å². The number of fused-ring (bicyclic) bond motifs is 3. The summed E-state index contributed by atoms with van der Waals surface area (Å²) < 4.78 is 49.1. The van der Waals surface area contributed by atoms with Crippen molar-refractivity contribution < 1.29 is 22.6 Å². The Balaban J connectivity index is 1.72. The second-order valence-corrected chi connectivity index (χ2v) is 11.0. The average molecular weight is 529 g/mol. The Labute approximate surface area is 212 Å². The third kappa shape index (κ3) is 4.29. The summed E-state index contributed by atoms with van der Waals surface area (Å²) in [5, 5.41) is 9.75. The van der Waals surface area contributed by atoms with Crippen LogP contribution >= 0.6 is 11.3 Å². The number of rotatable bonds is 5. The van der Waals surface area contributed by atoms with Crippen molar-refractivity contribution in [2.75, 3.05) is 25.5 Å². The number of aryl methyl sites for hydroxylation is 2. The van der Waals surface area contributed by atoms with Gasteiger partial charge in [0.2, 0.25) is 16.0 Å². The number of hydrogen-bond donors (Lipinski definition) is 1. The molecule has 0 unspecified atom stereocenters. The van der Waals surface area contributed by atoms with Crippen molar-refractivity contribution >= 4 is 27.3 Å². The number of aromatic nitrogens is 5. The molecule has 0 bridgehead atoms. The van der Waals surface area contributed by atoms with Crippen LogP contribution < -0.4 is 14.2 Å². The van der Waals surface area contributed by atoms with Gasteiger partial charge in [0.05, 0.1) is 7.11 Å². The van der Waals surface area contributed by atoms with Crippen LogP contribution in [0.5, 0.6) is 11.5 Å². The Morgan fingerprint density at radius 3 is 2.75 bits per heavy atom. The second kappa shape index (κ2) is 9.48. The maximum absolute atomic E-state index is 13.7. The molecule has 0 amide bonds. The molecule has 4 heterocycles. The minimum atomic E-state index is -4.10. The van der Waals surface area contributed by atoms with Crippen molar-refractivity contribution in [3.8, 4) is 28.6 Å². The third-order valence-corrected chi connectivity index (χ3v) is 8.38. The summed E-state index contributed by atoms with van der Waals surface area (Å²) in [4.78, 5) is 8.71. The van der Waals surface area contributed by atoms with Gasteiger partial charge < -0.3 is 14.2 Å². The Hall–Kier alpha value is -3.55. The number of nitrogens with zero attached hydrogens (tertiary/aromatic N) is 5. The first-order valence-corrected chi connectivity index (χ1v) is 13.4. The van der Waals surface area contributed by atoms with Crippen LogP contribution in [0.2, 0.25) is 0 Å². The van der Waals surface area contributed by atoms with Gasteiger partial charge in [-0.25, -0.2) is 13.4 Å². The van der Waals surface area contributed by atoms with E-state index in [0.717, 1.165) is 11.3 Å². The Bertz CT molecular complexity index is 1520. The van der Waals surface area contributed by atoms with Gasteiger partial charge in [-0.05, 0) is 37.6 Å². The van der Waals surface area contributed by atoms with E-state index in [1.54, 1.807) is 35.2 Å². The number of methoxy groups -OCH3 is 2. The van der Waals surface area contributed by atoms with E-state index in [-0.39, 0.29) is 12.6 Å². The van der Waals surface area contributed by atoms with Crippen LogP contribution in [0.4, 0.5) is 5.95 Å². The first-order valence-electron chi connectivity index (χ1n) is 11.0. The third-order valence-electron chi connectivity index (χ3n) is 5.71. The van der Waals surface area contributed by atoms with E-state index in [2.05, 4.69) is 24.9 Å². The summed E-state index contributed by atoms with van der Waals surface area (Å²) in [5.74, 6) is 1.20. The normalized spacial score (nSPS) is 17.4. The molecule has 1 aliphatic rings. The van der Waals surface area contributed by atoms with E-state index < -0.39 is 21.4 Å². The molecule has 1 N–H and O–H groups in total. The molecule has 5 rings (SSSR count). The molecule has 13 heteroatoms. The van der Waals surface area contributed by atoms with Crippen molar-refractivity contribution in [2.45, 2.75) is 25.2 Å². The zero-order chi connectivity index (χ0) is 25.4. The number of hydrogen-bond acceptors (Lipinski definition) is 10. The lowest BCUT2D eigenvalue weighted by molar-refractivity contribution is 0.0841. The molecule has 0 fully saturated rings. The maximum Gasteiger partial charge on any atom is 0.244 e. The summed E-state index contributed by atoms with van der Waals surface area (Å²) >= 11 is 1.33. The first kappa shape index (κ1) is 24.2. The fraction of sp³-hybridized carbons (Fsp3) is 0.304. The quantitative estimate of drug-likeness (QED) is 0.414. The van der Waals surface area contributed by atoms with Gasteiger partial charge in [-0.1, -0.05) is 6.07 Å². The SMILES string of the molecule is COc1cccc2c1-n1c(nnc1-c1cncc(C)c1)NS(=O)(=O)[C@@H]([C@@H](OC)c1nc(C)cs1)CO2. The molecule has 0 saturated carbocycles. The second-order valence-electron chi connectivity index (χ2n) is 8.22.